The zero-order valence-corrected chi connectivity index (χ0v) is 14.5. The number of carbonyl (C=O) groups excluding carboxylic acids is 2. The zero-order chi connectivity index (χ0) is 17.5. The summed E-state index contributed by atoms with van der Waals surface area (Å²) in [5.74, 6) is -0.252. The van der Waals surface area contributed by atoms with Gasteiger partial charge in [-0.1, -0.05) is 19.1 Å². The number of ether oxygens (including phenoxy) is 1. The van der Waals surface area contributed by atoms with Crippen molar-refractivity contribution < 1.29 is 18.7 Å². The van der Waals surface area contributed by atoms with Crippen molar-refractivity contribution in [1.29, 1.82) is 0 Å². The van der Waals surface area contributed by atoms with Gasteiger partial charge in [-0.25, -0.2) is 4.39 Å². The van der Waals surface area contributed by atoms with Crippen LogP contribution >= 0.6 is 0 Å². The summed E-state index contributed by atoms with van der Waals surface area (Å²) >= 11 is 0. The first-order valence-corrected chi connectivity index (χ1v) is 8.59. The number of hydrogen-bond donors (Lipinski definition) is 0. The number of rotatable bonds is 6. The Bertz CT molecular complexity index is 575. The summed E-state index contributed by atoms with van der Waals surface area (Å²) in [5.41, 5.74) is 0.914. The molecule has 1 aliphatic rings. The predicted molar refractivity (Wildman–Crippen MR) is 89.8 cm³/mol. The number of aryl methyl sites for hydroxylation is 1. The van der Waals surface area contributed by atoms with Gasteiger partial charge in [0.05, 0.1) is 7.11 Å². The first-order chi connectivity index (χ1) is 11.5. The third-order valence-electron chi connectivity index (χ3n) is 4.69. The Kier molecular flexibility index (Phi) is 6.76. The average Bonchev–Trinajstić information content (AvgIpc) is 2.59. The minimum absolute atomic E-state index is 0.106. The molecule has 1 aromatic carbocycles. The molecule has 0 N–H and O–H groups in total. The van der Waals surface area contributed by atoms with E-state index in [1.165, 1.54) is 19.2 Å². The lowest BCUT2D eigenvalue weighted by Crippen LogP contribution is -2.43. The number of likely N-dealkylation sites (tertiary alicyclic amines) is 1. The van der Waals surface area contributed by atoms with Crippen molar-refractivity contribution in [2.24, 2.45) is 11.8 Å². The third kappa shape index (κ3) is 5.32. The Morgan fingerprint density at radius 3 is 2.92 bits per heavy atom. The van der Waals surface area contributed by atoms with Crippen LogP contribution in [0.25, 0.3) is 0 Å². The van der Waals surface area contributed by atoms with Crippen molar-refractivity contribution in [3.05, 3.63) is 35.6 Å². The van der Waals surface area contributed by atoms with Crippen LogP contribution < -0.4 is 0 Å². The Hall–Kier alpha value is -1.91. The van der Waals surface area contributed by atoms with Crippen LogP contribution in [-0.4, -0.2) is 37.0 Å². The zero-order valence-electron chi connectivity index (χ0n) is 14.5. The molecule has 0 radical (unpaired) electrons. The van der Waals surface area contributed by atoms with E-state index in [0.29, 0.717) is 25.8 Å². The van der Waals surface area contributed by atoms with E-state index in [0.717, 1.165) is 24.9 Å². The van der Waals surface area contributed by atoms with Crippen molar-refractivity contribution in [1.82, 2.24) is 4.90 Å². The normalized spacial score (nSPS) is 19.0. The second kappa shape index (κ2) is 8.81. The quantitative estimate of drug-likeness (QED) is 0.750. The molecular weight excluding hydrogens is 309 g/mol. The average molecular weight is 335 g/mol. The number of hydrogen-bond acceptors (Lipinski definition) is 3. The van der Waals surface area contributed by atoms with Gasteiger partial charge >= 0.3 is 5.97 Å². The highest BCUT2D eigenvalue weighted by Crippen LogP contribution is 2.22. The SMILES string of the molecule is COC(=O)C[C@@H]1CCCN(C(=O)[C@H](C)CCc2cccc(F)c2)C1. The Labute approximate surface area is 143 Å². The Morgan fingerprint density at radius 2 is 2.21 bits per heavy atom. The number of amides is 1. The second-order valence-electron chi connectivity index (χ2n) is 6.64. The monoisotopic (exact) mass is 335 g/mol. The molecular formula is C19H26FNO3. The number of esters is 1. The topological polar surface area (TPSA) is 46.6 Å². The van der Waals surface area contributed by atoms with Crippen LogP contribution in [0.2, 0.25) is 0 Å². The fourth-order valence-electron chi connectivity index (χ4n) is 3.26. The van der Waals surface area contributed by atoms with Crippen LogP contribution in [0.1, 0.15) is 38.2 Å². The molecule has 24 heavy (non-hydrogen) atoms. The molecule has 132 valence electrons. The van der Waals surface area contributed by atoms with Crippen molar-refractivity contribution in [2.75, 3.05) is 20.2 Å². The van der Waals surface area contributed by atoms with E-state index in [1.807, 2.05) is 17.9 Å². The molecule has 2 atom stereocenters. The van der Waals surface area contributed by atoms with E-state index < -0.39 is 0 Å². The lowest BCUT2D eigenvalue weighted by atomic mass is 9.93. The molecule has 1 heterocycles. The summed E-state index contributed by atoms with van der Waals surface area (Å²) in [5, 5.41) is 0. The highest BCUT2D eigenvalue weighted by atomic mass is 19.1. The molecule has 0 bridgehead atoms. The van der Waals surface area contributed by atoms with Crippen molar-refractivity contribution >= 4 is 11.9 Å². The molecule has 4 nitrogen and oxygen atoms in total. The van der Waals surface area contributed by atoms with Crippen LogP contribution in [-0.2, 0) is 20.7 Å². The third-order valence-corrected chi connectivity index (χ3v) is 4.69. The van der Waals surface area contributed by atoms with Gasteiger partial charge in [0.25, 0.3) is 0 Å². The van der Waals surface area contributed by atoms with Gasteiger partial charge in [-0.3, -0.25) is 9.59 Å². The molecule has 2 rings (SSSR count). The predicted octanol–water partition coefficient (Wildman–Crippen LogP) is 3.20. The van der Waals surface area contributed by atoms with Gasteiger partial charge in [-0.15, -0.1) is 0 Å². The van der Waals surface area contributed by atoms with Crippen LogP contribution in [0, 0.1) is 17.7 Å². The van der Waals surface area contributed by atoms with Gasteiger partial charge in [0.15, 0.2) is 0 Å². The maximum atomic E-state index is 13.2. The fraction of sp³-hybridized carbons (Fsp3) is 0.579. The number of benzene rings is 1. The number of halogens is 1. The van der Waals surface area contributed by atoms with Crippen molar-refractivity contribution in [2.45, 2.75) is 39.0 Å². The molecule has 5 heteroatoms. The minimum Gasteiger partial charge on any atom is -0.469 e. The highest BCUT2D eigenvalue weighted by Gasteiger charge is 2.28. The molecule has 0 aromatic heterocycles. The molecule has 0 unspecified atom stereocenters. The molecule has 1 fully saturated rings. The number of nitrogens with zero attached hydrogens (tertiary/aromatic N) is 1. The van der Waals surface area contributed by atoms with Gasteiger partial charge in [0.2, 0.25) is 5.91 Å². The molecule has 0 spiro atoms. The van der Waals surface area contributed by atoms with Gasteiger partial charge in [0, 0.05) is 25.4 Å². The fourth-order valence-corrected chi connectivity index (χ4v) is 3.26. The number of carbonyl (C=O) groups is 2. The highest BCUT2D eigenvalue weighted by molar-refractivity contribution is 5.78. The molecule has 0 aliphatic carbocycles. The van der Waals surface area contributed by atoms with Gasteiger partial charge in [-0.2, -0.15) is 0 Å². The summed E-state index contributed by atoms with van der Waals surface area (Å²) < 4.78 is 17.9. The largest absolute Gasteiger partial charge is 0.469 e. The molecule has 1 saturated heterocycles. The van der Waals surface area contributed by atoms with Gasteiger partial charge in [0.1, 0.15) is 5.82 Å². The lowest BCUT2D eigenvalue weighted by molar-refractivity contribution is -0.144. The first-order valence-electron chi connectivity index (χ1n) is 8.59. The van der Waals surface area contributed by atoms with Crippen LogP contribution in [0.5, 0.6) is 0 Å². The van der Waals surface area contributed by atoms with Gasteiger partial charge < -0.3 is 9.64 Å². The van der Waals surface area contributed by atoms with Crippen molar-refractivity contribution in [3.8, 4) is 0 Å². The summed E-state index contributed by atoms with van der Waals surface area (Å²) in [4.78, 5) is 25.9. The minimum atomic E-state index is -0.242. The first kappa shape index (κ1) is 18.4. The van der Waals surface area contributed by atoms with E-state index in [9.17, 15) is 14.0 Å². The van der Waals surface area contributed by atoms with Crippen LogP contribution in [0.3, 0.4) is 0 Å². The van der Waals surface area contributed by atoms with Crippen molar-refractivity contribution in [3.63, 3.8) is 0 Å². The number of methoxy groups -OCH3 is 1. The standard InChI is InChI=1S/C19H26FNO3/c1-14(8-9-15-5-3-7-17(20)11-15)19(23)21-10-4-6-16(13-21)12-18(22)24-2/h3,5,7,11,14,16H,4,6,8-10,12-13H2,1-2H3/t14-,16+/m1/s1. The van der Waals surface area contributed by atoms with E-state index in [4.69, 9.17) is 4.74 Å². The smallest absolute Gasteiger partial charge is 0.305 e. The Balaban J connectivity index is 1.84. The molecule has 1 amide bonds. The molecule has 1 aliphatic heterocycles. The molecule has 0 saturated carbocycles. The van der Waals surface area contributed by atoms with Gasteiger partial charge in [-0.05, 0) is 49.3 Å². The summed E-state index contributed by atoms with van der Waals surface area (Å²) in [6.07, 6.45) is 3.63. The van der Waals surface area contributed by atoms with E-state index in [2.05, 4.69) is 0 Å². The Morgan fingerprint density at radius 1 is 1.42 bits per heavy atom. The van der Waals surface area contributed by atoms with E-state index >= 15 is 0 Å². The summed E-state index contributed by atoms with van der Waals surface area (Å²) in [6.45, 7) is 3.30. The van der Waals surface area contributed by atoms with E-state index in [1.54, 1.807) is 6.07 Å². The lowest BCUT2D eigenvalue weighted by Gasteiger charge is -2.34. The summed E-state index contributed by atoms with van der Waals surface area (Å²) in [6, 6.07) is 6.52. The number of piperidine rings is 1. The maximum Gasteiger partial charge on any atom is 0.305 e. The van der Waals surface area contributed by atoms with Crippen LogP contribution in [0.4, 0.5) is 4.39 Å². The maximum absolute atomic E-state index is 13.2. The second-order valence-corrected chi connectivity index (χ2v) is 6.64. The van der Waals surface area contributed by atoms with E-state index in [-0.39, 0.29) is 29.5 Å². The summed E-state index contributed by atoms with van der Waals surface area (Å²) in [7, 11) is 1.39. The molecule has 1 aromatic rings. The van der Waals surface area contributed by atoms with Crippen LogP contribution in [0.15, 0.2) is 24.3 Å².